The molecule has 5 nitrogen and oxygen atoms in total. The number of benzene rings is 2. The number of carbonyl (C=O) groups is 1. The standard InChI is InChI=1S/C22H25FN4OS/c1-13(2)18-8-6-7-14(3)19(18)24-21(28)15(4)29-22-26-25-20(27(22)5)16-9-11-17(23)12-10-16/h6-13,15H,1-5H3,(H,24,28)/t15-/m0/s1. The molecule has 0 aliphatic rings. The van der Waals surface area contributed by atoms with Crippen LogP contribution in [0.5, 0.6) is 0 Å². The number of thioether (sulfide) groups is 1. The van der Waals surface area contributed by atoms with Gasteiger partial charge in [-0.3, -0.25) is 4.79 Å². The van der Waals surface area contributed by atoms with Gasteiger partial charge in [0, 0.05) is 18.3 Å². The molecule has 152 valence electrons. The molecule has 7 heteroatoms. The van der Waals surface area contributed by atoms with Crippen LogP contribution in [-0.4, -0.2) is 25.9 Å². The van der Waals surface area contributed by atoms with Crippen molar-refractivity contribution in [1.82, 2.24) is 14.8 Å². The van der Waals surface area contributed by atoms with Crippen LogP contribution < -0.4 is 5.32 Å². The minimum absolute atomic E-state index is 0.0856. The number of hydrogen-bond acceptors (Lipinski definition) is 4. The summed E-state index contributed by atoms with van der Waals surface area (Å²) < 4.78 is 15.0. The Morgan fingerprint density at radius 1 is 1.10 bits per heavy atom. The molecule has 1 N–H and O–H groups in total. The highest BCUT2D eigenvalue weighted by Gasteiger charge is 2.21. The summed E-state index contributed by atoms with van der Waals surface area (Å²) in [5, 5.41) is 11.8. The molecule has 0 saturated heterocycles. The number of rotatable bonds is 6. The number of para-hydroxylation sites is 1. The van der Waals surface area contributed by atoms with Crippen molar-refractivity contribution in [3.63, 3.8) is 0 Å². The number of halogens is 1. The Bertz CT molecular complexity index is 1010. The van der Waals surface area contributed by atoms with E-state index < -0.39 is 0 Å². The lowest BCUT2D eigenvalue weighted by atomic mass is 9.98. The summed E-state index contributed by atoms with van der Waals surface area (Å²) in [6.45, 7) is 8.06. The van der Waals surface area contributed by atoms with Crippen molar-refractivity contribution >= 4 is 23.4 Å². The van der Waals surface area contributed by atoms with E-state index in [0.717, 1.165) is 22.4 Å². The molecule has 1 atom stereocenters. The van der Waals surface area contributed by atoms with Gasteiger partial charge < -0.3 is 9.88 Å². The van der Waals surface area contributed by atoms with Crippen LogP contribution in [0.15, 0.2) is 47.6 Å². The van der Waals surface area contributed by atoms with Gasteiger partial charge in [0.1, 0.15) is 5.82 Å². The maximum absolute atomic E-state index is 13.2. The van der Waals surface area contributed by atoms with Gasteiger partial charge in [0.2, 0.25) is 5.91 Å². The summed E-state index contributed by atoms with van der Waals surface area (Å²) in [5.74, 6) is 0.552. The molecular weight excluding hydrogens is 387 g/mol. The fourth-order valence-corrected chi connectivity index (χ4v) is 3.86. The molecule has 29 heavy (non-hydrogen) atoms. The Balaban J connectivity index is 1.75. The number of carbonyl (C=O) groups excluding carboxylic acids is 1. The van der Waals surface area contributed by atoms with E-state index in [1.54, 1.807) is 12.1 Å². The first-order valence-corrected chi connectivity index (χ1v) is 10.4. The maximum atomic E-state index is 13.2. The number of nitrogens with zero attached hydrogens (tertiary/aromatic N) is 3. The second kappa shape index (κ2) is 8.78. The normalized spacial score (nSPS) is 12.2. The Labute approximate surface area is 174 Å². The van der Waals surface area contributed by atoms with E-state index in [1.165, 1.54) is 23.9 Å². The average molecular weight is 413 g/mol. The third-order valence-corrected chi connectivity index (χ3v) is 5.90. The van der Waals surface area contributed by atoms with E-state index in [1.807, 2.05) is 43.7 Å². The van der Waals surface area contributed by atoms with Crippen LogP contribution in [0, 0.1) is 12.7 Å². The summed E-state index contributed by atoms with van der Waals surface area (Å²) in [7, 11) is 1.84. The van der Waals surface area contributed by atoms with E-state index in [0.29, 0.717) is 16.9 Å². The molecule has 3 aromatic rings. The van der Waals surface area contributed by atoms with Crippen LogP contribution in [0.25, 0.3) is 11.4 Å². The Kier molecular flexibility index (Phi) is 6.37. The molecule has 0 radical (unpaired) electrons. The molecule has 1 amide bonds. The number of hydrogen-bond donors (Lipinski definition) is 1. The SMILES string of the molecule is Cc1cccc(C(C)C)c1NC(=O)[C@H](C)Sc1nnc(-c2ccc(F)cc2)n1C. The molecule has 0 aliphatic heterocycles. The molecule has 0 aliphatic carbocycles. The third-order valence-electron chi connectivity index (χ3n) is 4.76. The smallest absolute Gasteiger partial charge is 0.237 e. The van der Waals surface area contributed by atoms with Gasteiger partial charge in [-0.05, 0) is 55.2 Å². The number of amides is 1. The van der Waals surface area contributed by atoms with Crippen LogP contribution in [0.1, 0.15) is 37.8 Å². The molecule has 0 unspecified atom stereocenters. The van der Waals surface area contributed by atoms with Crippen molar-refractivity contribution in [2.75, 3.05) is 5.32 Å². The predicted octanol–water partition coefficient (Wildman–Crippen LogP) is 5.17. The number of aryl methyl sites for hydroxylation is 1. The molecule has 3 rings (SSSR count). The van der Waals surface area contributed by atoms with Crippen molar-refractivity contribution in [3.05, 3.63) is 59.4 Å². The topological polar surface area (TPSA) is 59.8 Å². The molecule has 1 aromatic heterocycles. The molecule has 0 saturated carbocycles. The summed E-state index contributed by atoms with van der Waals surface area (Å²) in [4.78, 5) is 12.8. The zero-order valence-electron chi connectivity index (χ0n) is 17.2. The number of aromatic nitrogens is 3. The summed E-state index contributed by atoms with van der Waals surface area (Å²) in [6, 6.07) is 12.2. The molecule has 1 heterocycles. The number of nitrogens with one attached hydrogen (secondary N) is 1. The zero-order chi connectivity index (χ0) is 21.1. The van der Waals surface area contributed by atoms with Crippen LogP contribution in [0.3, 0.4) is 0 Å². The fourth-order valence-electron chi connectivity index (χ4n) is 3.05. The molecular formula is C22H25FN4OS. The van der Waals surface area contributed by atoms with Gasteiger partial charge in [-0.25, -0.2) is 4.39 Å². The first-order valence-electron chi connectivity index (χ1n) is 9.50. The zero-order valence-corrected chi connectivity index (χ0v) is 18.0. The van der Waals surface area contributed by atoms with E-state index in [9.17, 15) is 9.18 Å². The van der Waals surface area contributed by atoms with Gasteiger partial charge in [-0.2, -0.15) is 0 Å². The van der Waals surface area contributed by atoms with Gasteiger partial charge in [0.05, 0.1) is 5.25 Å². The van der Waals surface area contributed by atoms with Crippen molar-refractivity contribution in [3.8, 4) is 11.4 Å². The third kappa shape index (κ3) is 4.67. The van der Waals surface area contributed by atoms with Crippen molar-refractivity contribution in [2.24, 2.45) is 7.05 Å². The van der Waals surface area contributed by atoms with Crippen molar-refractivity contribution < 1.29 is 9.18 Å². The quantitative estimate of drug-likeness (QED) is 0.567. The lowest BCUT2D eigenvalue weighted by molar-refractivity contribution is -0.115. The minimum Gasteiger partial charge on any atom is -0.325 e. The van der Waals surface area contributed by atoms with E-state index in [4.69, 9.17) is 0 Å². The van der Waals surface area contributed by atoms with Crippen LogP contribution in [0.4, 0.5) is 10.1 Å². The maximum Gasteiger partial charge on any atom is 0.237 e. The van der Waals surface area contributed by atoms with E-state index >= 15 is 0 Å². The largest absolute Gasteiger partial charge is 0.325 e. The van der Waals surface area contributed by atoms with Gasteiger partial charge >= 0.3 is 0 Å². The summed E-state index contributed by atoms with van der Waals surface area (Å²) >= 11 is 1.34. The number of anilines is 1. The first-order chi connectivity index (χ1) is 13.8. The Morgan fingerprint density at radius 3 is 2.45 bits per heavy atom. The van der Waals surface area contributed by atoms with Gasteiger partial charge in [0.15, 0.2) is 11.0 Å². The van der Waals surface area contributed by atoms with Gasteiger partial charge in [-0.15, -0.1) is 10.2 Å². The van der Waals surface area contributed by atoms with Crippen LogP contribution in [-0.2, 0) is 11.8 Å². The highest BCUT2D eigenvalue weighted by molar-refractivity contribution is 8.00. The lowest BCUT2D eigenvalue weighted by Gasteiger charge is -2.18. The molecule has 0 fully saturated rings. The van der Waals surface area contributed by atoms with Gasteiger partial charge in [0.25, 0.3) is 0 Å². The fraction of sp³-hybridized carbons (Fsp3) is 0.318. The van der Waals surface area contributed by atoms with Crippen LogP contribution in [0.2, 0.25) is 0 Å². The van der Waals surface area contributed by atoms with Crippen molar-refractivity contribution in [1.29, 1.82) is 0 Å². The summed E-state index contributed by atoms with van der Waals surface area (Å²) in [5.41, 5.74) is 3.81. The molecule has 2 aromatic carbocycles. The van der Waals surface area contributed by atoms with Crippen molar-refractivity contribution in [2.45, 2.75) is 44.0 Å². The Morgan fingerprint density at radius 2 is 1.79 bits per heavy atom. The molecule has 0 spiro atoms. The second-order valence-electron chi connectivity index (χ2n) is 7.32. The van der Waals surface area contributed by atoms with Gasteiger partial charge in [-0.1, -0.05) is 43.8 Å². The Hall–Kier alpha value is -2.67. The molecule has 0 bridgehead atoms. The van der Waals surface area contributed by atoms with Crippen LogP contribution >= 0.6 is 11.8 Å². The predicted molar refractivity (Wildman–Crippen MR) is 116 cm³/mol. The minimum atomic E-state index is -0.362. The highest BCUT2D eigenvalue weighted by atomic mass is 32.2. The van der Waals surface area contributed by atoms with E-state index in [-0.39, 0.29) is 17.0 Å². The average Bonchev–Trinajstić information content (AvgIpc) is 3.04. The lowest BCUT2D eigenvalue weighted by Crippen LogP contribution is -2.24. The monoisotopic (exact) mass is 412 g/mol. The van der Waals surface area contributed by atoms with E-state index in [2.05, 4.69) is 29.4 Å². The summed E-state index contributed by atoms with van der Waals surface area (Å²) in [6.07, 6.45) is 0. The second-order valence-corrected chi connectivity index (χ2v) is 8.62. The first kappa shape index (κ1) is 21.0. The highest BCUT2D eigenvalue weighted by Crippen LogP contribution is 2.30.